The number of aryl methyl sites for hydroxylation is 2. The molecule has 1 amide bonds. The van der Waals surface area contributed by atoms with Gasteiger partial charge in [0.25, 0.3) is 5.91 Å². The third-order valence-corrected chi connectivity index (χ3v) is 4.44. The number of hydrogen-bond acceptors (Lipinski definition) is 3. The molecule has 0 unspecified atom stereocenters. The smallest absolute Gasteiger partial charge is 0.266 e. The van der Waals surface area contributed by atoms with Crippen LogP contribution in [-0.4, -0.2) is 17.5 Å². The van der Waals surface area contributed by atoms with E-state index in [2.05, 4.69) is 11.1 Å². The molecule has 138 valence electrons. The topological polar surface area (TPSA) is 42.4 Å². The minimum absolute atomic E-state index is 0.0794. The summed E-state index contributed by atoms with van der Waals surface area (Å²) in [5.74, 6) is 1.05. The van der Waals surface area contributed by atoms with Gasteiger partial charge in [0.05, 0.1) is 6.54 Å². The number of benzene rings is 2. The highest BCUT2D eigenvalue weighted by Crippen LogP contribution is 2.21. The first-order valence-electron chi connectivity index (χ1n) is 8.69. The van der Waals surface area contributed by atoms with Crippen LogP contribution in [0.4, 0.5) is 5.82 Å². The summed E-state index contributed by atoms with van der Waals surface area (Å²) >= 11 is 6.28. The van der Waals surface area contributed by atoms with Gasteiger partial charge in [-0.25, -0.2) is 4.98 Å². The molecule has 27 heavy (non-hydrogen) atoms. The Hall–Kier alpha value is -2.85. The van der Waals surface area contributed by atoms with Gasteiger partial charge >= 0.3 is 0 Å². The molecule has 0 fully saturated rings. The van der Waals surface area contributed by atoms with Gasteiger partial charge < -0.3 is 4.74 Å². The average Bonchev–Trinajstić information content (AvgIpc) is 2.65. The van der Waals surface area contributed by atoms with Crippen molar-refractivity contribution < 1.29 is 9.53 Å². The van der Waals surface area contributed by atoms with Crippen molar-refractivity contribution in [1.29, 1.82) is 0 Å². The Morgan fingerprint density at radius 1 is 1.04 bits per heavy atom. The number of pyridine rings is 1. The summed E-state index contributed by atoms with van der Waals surface area (Å²) in [6, 6.07) is 18.8. The molecular formula is C22H21ClN2O2. The molecule has 1 aromatic heterocycles. The molecule has 2 aromatic carbocycles. The van der Waals surface area contributed by atoms with E-state index in [4.69, 9.17) is 16.3 Å². The maximum atomic E-state index is 12.9. The Morgan fingerprint density at radius 3 is 2.41 bits per heavy atom. The number of amides is 1. The predicted molar refractivity (Wildman–Crippen MR) is 108 cm³/mol. The van der Waals surface area contributed by atoms with Gasteiger partial charge in [-0.05, 0) is 60.9 Å². The maximum Gasteiger partial charge on any atom is 0.266 e. The second-order valence-electron chi connectivity index (χ2n) is 6.37. The highest BCUT2D eigenvalue weighted by atomic mass is 35.5. The number of halogens is 1. The number of carbonyl (C=O) groups is 1. The summed E-state index contributed by atoms with van der Waals surface area (Å²) in [7, 11) is 0. The summed E-state index contributed by atoms with van der Waals surface area (Å²) < 4.78 is 5.75. The van der Waals surface area contributed by atoms with Gasteiger partial charge in [0.1, 0.15) is 11.6 Å². The first kappa shape index (κ1) is 18.9. The number of ether oxygens (including phenoxy) is 1. The van der Waals surface area contributed by atoms with Gasteiger partial charge in [0, 0.05) is 11.2 Å². The summed E-state index contributed by atoms with van der Waals surface area (Å²) in [5, 5.41) is 0.612. The predicted octanol–water partition coefficient (Wildman–Crippen LogP) is 4.96. The van der Waals surface area contributed by atoms with Crippen LogP contribution >= 0.6 is 11.6 Å². The second kappa shape index (κ2) is 8.69. The van der Waals surface area contributed by atoms with Crippen LogP contribution in [0.1, 0.15) is 16.7 Å². The van der Waals surface area contributed by atoms with Gasteiger partial charge in [-0.2, -0.15) is 0 Å². The van der Waals surface area contributed by atoms with Crippen LogP contribution < -0.4 is 9.64 Å². The van der Waals surface area contributed by atoms with E-state index in [1.54, 1.807) is 17.2 Å². The largest absolute Gasteiger partial charge is 0.484 e. The minimum Gasteiger partial charge on any atom is -0.484 e. The summed E-state index contributed by atoms with van der Waals surface area (Å²) in [6.45, 7) is 4.24. The van der Waals surface area contributed by atoms with Crippen LogP contribution in [0.2, 0.25) is 5.02 Å². The van der Waals surface area contributed by atoms with Gasteiger partial charge in [-0.15, -0.1) is 0 Å². The van der Waals surface area contributed by atoms with Gasteiger partial charge in [0.2, 0.25) is 0 Å². The fraction of sp³-hybridized carbons (Fsp3) is 0.182. The molecule has 5 heteroatoms. The van der Waals surface area contributed by atoms with Crippen LogP contribution in [0.15, 0.2) is 66.9 Å². The van der Waals surface area contributed by atoms with Crippen LogP contribution in [0.5, 0.6) is 5.75 Å². The molecule has 3 aromatic rings. The molecule has 0 bridgehead atoms. The molecule has 0 atom stereocenters. The van der Waals surface area contributed by atoms with Crippen molar-refractivity contribution in [1.82, 2.24) is 4.98 Å². The van der Waals surface area contributed by atoms with E-state index in [-0.39, 0.29) is 12.5 Å². The molecule has 0 aliphatic carbocycles. The number of nitrogens with zero attached hydrogens (tertiary/aromatic N) is 2. The molecule has 0 radical (unpaired) electrons. The van der Waals surface area contributed by atoms with Crippen molar-refractivity contribution in [2.45, 2.75) is 20.4 Å². The van der Waals surface area contributed by atoms with Crippen molar-refractivity contribution in [3.8, 4) is 5.75 Å². The van der Waals surface area contributed by atoms with Crippen molar-refractivity contribution >= 4 is 23.3 Å². The van der Waals surface area contributed by atoms with Crippen molar-refractivity contribution in [3.05, 3.63) is 88.6 Å². The Balaban J connectivity index is 1.79. The Labute approximate surface area is 164 Å². The van der Waals surface area contributed by atoms with Gasteiger partial charge in [0.15, 0.2) is 6.61 Å². The molecule has 0 aliphatic heterocycles. The first-order valence-corrected chi connectivity index (χ1v) is 9.06. The molecule has 4 nitrogen and oxygen atoms in total. The van der Waals surface area contributed by atoms with E-state index in [1.807, 2.05) is 62.4 Å². The summed E-state index contributed by atoms with van der Waals surface area (Å²) in [5.41, 5.74) is 3.04. The summed E-state index contributed by atoms with van der Waals surface area (Å²) in [4.78, 5) is 18.8. The SMILES string of the molecule is Cc1cc(C)cc(OCC(=O)N(Cc2ccccc2Cl)c2ccccn2)c1. The molecular weight excluding hydrogens is 360 g/mol. The number of hydrogen-bond donors (Lipinski definition) is 0. The fourth-order valence-electron chi connectivity index (χ4n) is 2.85. The highest BCUT2D eigenvalue weighted by molar-refractivity contribution is 6.31. The zero-order valence-corrected chi connectivity index (χ0v) is 16.1. The van der Waals surface area contributed by atoms with E-state index in [0.717, 1.165) is 16.7 Å². The molecule has 0 saturated heterocycles. The zero-order valence-electron chi connectivity index (χ0n) is 15.4. The molecule has 3 rings (SSSR count). The number of carbonyl (C=O) groups excluding carboxylic acids is 1. The molecule has 0 N–H and O–H groups in total. The third kappa shape index (κ3) is 5.08. The number of anilines is 1. The van der Waals surface area contributed by atoms with E-state index in [0.29, 0.717) is 23.1 Å². The van der Waals surface area contributed by atoms with Crippen LogP contribution in [-0.2, 0) is 11.3 Å². The van der Waals surface area contributed by atoms with E-state index in [9.17, 15) is 4.79 Å². The quantitative estimate of drug-likeness (QED) is 0.606. The average molecular weight is 381 g/mol. The molecule has 0 saturated carbocycles. The van der Waals surface area contributed by atoms with Crippen molar-refractivity contribution in [2.75, 3.05) is 11.5 Å². The van der Waals surface area contributed by atoms with Gasteiger partial charge in [-0.3, -0.25) is 9.69 Å². The highest BCUT2D eigenvalue weighted by Gasteiger charge is 2.19. The lowest BCUT2D eigenvalue weighted by Crippen LogP contribution is -2.35. The normalized spacial score (nSPS) is 10.5. The Kier molecular flexibility index (Phi) is 6.09. The lowest BCUT2D eigenvalue weighted by atomic mass is 10.1. The van der Waals surface area contributed by atoms with E-state index in [1.165, 1.54) is 0 Å². The van der Waals surface area contributed by atoms with Crippen LogP contribution in [0, 0.1) is 13.8 Å². The molecule has 0 aliphatic rings. The lowest BCUT2D eigenvalue weighted by molar-refractivity contribution is -0.120. The van der Waals surface area contributed by atoms with Crippen molar-refractivity contribution in [2.24, 2.45) is 0 Å². The Morgan fingerprint density at radius 2 is 1.74 bits per heavy atom. The van der Waals surface area contributed by atoms with E-state index >= 15 is 0 Å². The molecule has 0 spiro atoms. The van der Waals surface area contributed by atoms with Crippen LogP contribution in [0.25, 0.3) is 0 Å². The fourth-order valence-corrected chi connectivity index (χ4v) is 3.04. The monoisotopic (exact) mass is 380 g/mol. The standard InChI is InChI=1S/C22H21ClN2O2/c1-16-11-17(2)13-19(12-16)27-15-22(26)25(21-9-5-6-10-24-21)14-18-7-3-4-8-20(18)23/h3-13H,14-15H2,1-2H3. The zero-order chi connectivity index (χ0) is 19.2. The first-order chi connectivity index (χ1) is 13.0. The molecule has 1 heterocycles. The second-order valence-corrected chi connectivity index (χ2v) is 6.78. The number of aromatic nitrogens is 1. The van der Waals surface area contributed by atoms with Gasteiger partial charge in [-0.1, -0.05) is 41.9 Å². The Bertz CT molecular complexity index is 908. The number of rotatable bonds is 6. The minimum atomic E-state index is -0.187. The lowest BCUT2D eigenvalue weighted by Gasteiger charge is -2.22. The van der Waals surface area contributed by atoms with Crippen molar-refractivity contribution in [3.63, 3.8) is 0 Å². The maximum absolute atomic E-state index is 12.9. The van der Waals surface area contributed by atoms with E-state index < -0.39 is 0 Å². The summed E-state index contributed by atoms with van der Waals surface area (Å²) in [6.07, 6.45) is 1.66. The van der Waals surface area contributed by atoms with Crippen LogP contribution in [0.3, 0.4) is 0 Å². The third-order valence-electron chi connectivity index (χ3n) is 4.07.